The minimum absolute atomic E-state index is 0.0462. The summed E-state index contributed by atoms with van der Waals surface area (Å²) in [5.74, 6) is 0.207. The summed E-state index contributed by atoms with van der Waals surface area (Å²) in [6.07, 6.45) is -4.46. The van der Waals surface area contributed by atoms with Crippen molar-refractivity contribution in [3.63, 3.8) is 0 Å². The maximum atomic E-state index is 12.4. The third kappa shape index (κ3) is 3.58. The van der Waals surface area contributed by atoms with Gasteiger partial charge in [0.2, 0.25) is 0 Å². The predicted molar refractivity (Wildman–Crippen MR) is 60.3 cm³/mol. The van der Waals surface area contributed by atoms with Crippen LogP contribution in [0.2, 0.25) is 0 Å². The van der Waals surface area contributed by atoms with E-state index in [1.54, 1.807) is 0 Å². The quantitative estimate of drug-likeness (QED) is 0.865. The number of halogens is 3. The Labute approximate surface area is 103 Å². The van der Waals surface area contributed by atoms with E-state index in [4.69, 9.17) is 4.74 Å². The van der Waals surface area contributed by atoms with Crippen molar-refractivity contribution >= 4 is 5.82 Å². The van der Waals surface area contributed by atoms with Crippen LogP contribution in [0.15, 0.2) is 18.2 Å². The van der Waals surface area contributed by atoms with Crippen LogP contribution in [0.3, 0.4) is 0 Å². The van der Waals surface area contributed by atoms with Crippen LogP contribution in [0.5, 0.6) is 0 Å². The minimum Gasteiger partial charge on any atom is -0.374 e. The molecule has 100 valence electrons. The van der Waals surface area contributed by atoms with Gasteiger partial charge >= 0.3 is 6.18 Å². The van der Waals surface area contributed by atoms with Crippen molar-refractivity contribution in [3.05, 3.63) is 23.9 Å². The lowest BCUT2D eigenvalue weighted by atomic mass is 10.3. The molecule has 1 fully saturated rings. The van der Waals surface area contributed by atoms with Gasteiger partial charge in [-0.2, -0.15) is 13.2 Å². The van der Waals surface area contributed by atoms with Crippen molar-refractivity contribution in [2.75, 3.05) is 31.6 Å². The van der Waals surface area contributed by atoms with E-state index >= 15 is 0 Å². The third-order valence-corrected chi connectivity index (χ3v) is 2.55. The van der Waals surface area contributed by atoms with Gasteiger partial charge in [0.1, 0.15) is 11.5 Å². The van der Waals surface area contributed by atoms with Gasteiger partial charge in [0.25, 0.3) is 0 Å². The fourth-order valence-electron chi connectivity index (χ4n) is 1.66. The first-order chi connectivity index (χ1) is 8.55. The summed E-state index contributed by atoms with van der Waals surface area (Å²) in [7, 11) is 0. The first-order valence-electron chi connectivity index (χ1n) is 5.66. The summed E-state index contributed by atoms with van der Waals surface area (Å²) in [6, 6.07) is 3.79. The average molecular weight is 261 g/mol. The Balaban J connectivity index is 1.92. The molecule has 0 aromatic carbocycles. The topological polar surface area (TPSA) is 46.2 Å². The van der Waals surface area contributed by atoms with Crippen molar-refractivity contribution in [3.8, 4) is 0 Å². The number of morpholine rings is 1. The summed E-state index contributed by atoms with van der Waals surface area (Å²) in [5.41, 5.74) is -0.893. The van der Waals surface area contributed by atoms with Crippen LogP contribution in [0, 0.1) is 0 Å². The molecule has 1 aromatic heterocycles. The van der Waals surface area contributed by atoms with E-state index in [-0.39, 0.29) is 11.9 Å². The second-order valence-electron chi connectivity index (χ2n) is 3.98. The molecule has 1 atom stereocenters. The Morgan fingerprint density at radius 1 is 1.44 bits per heavy atom. The van der Waals surface area contributed by atoms with Gasteiger partial charge < -0.3 is 15.4 Å². The molecular formula is C11H14F3N3O. The van der Waals surface area contributed by atoms with E-state index in [0.29, 0.717) is 19.7 Å². The number of hydrogen-bond donors (Lipinski definition) is 2. The molecule has 2 N–H and O–H groups in total. The van der Waals surface area contributed by atoms with E-state index in [0.717, 1.165) is 12.6 Å². The Bertz CT molecular complexity index is 391. The van der Waals surface area contributed by atoms with Crippen LogP contribution in [-0.4, -0.2) is 37.3 Å². The smallest absolute Gasteiger partial charge is 0.374 e. The van der Waals surface area contributed by atoms with E-state index in [1.165, 1.54) is 12.1 Å². The van der Waals surface area contributed by atoms with Gasteiger partial charge in [-0.1, -0.05) is 6.07 Å². The largest absolute Gasteiger partial charge is 0.433 e. The molecule has 2 rings (SSSR count). The van der Waals surface area contributed by atoms with Crippen LogP contribution >= 0.6 is 0 Å². The summed E-state index contributed by atoms with van der Waals surface area (Å²) >= 11 is 0. The highest BCUT2D eigenvalue weighted by Crippen LogP contribution is 2.28. The zero-order chi connectivity index (χ0) is 13.0. The van der Waals surface area contributed by atoms with Gasteiger partial charge in [-0.05, 0) is 12.1 Å². The zero-order valence-electron chi connectivity index (χ0n) is 9.63. The van der Waals surface area contributed by atoms with Crippen molar-refractivity contribution in [2.45, 2.75) is 12.3 Å². The lowest BCUT2D eigenvalue weighted by Crippen LogP contribution is -2.42. The molecule has 1 aromatic rings. The van der Waals surface area contributed by atoms with Crippen molar-refractivity contribution < 1.29 is 17.9 Å². The highest BCUT2D eigenvalue weighted by Gasteiger charge is 2.32. The van der Waals surface area contributed by atoms with Crippen LogP contribution in [0.1, 0.15) is 5.69 Å². The molecule has 0 spiro atoms. The molecule has 7 heteroatoms. The monoisotopic (exact) mass is 261 g/mol. The fraction of sp³-hybridized carbons (Fsp3) is 0.545. The number of alkyl halides is 3. The summed E-state index contributed by atoms with van der Waals surface area (Å²) < 4.78 is 42.7. The SMILES string of the molecule is FC(F)(F)c1cccc(NCC2CNCCO2)n1. The second-order valence-corrected chi connectivity index (χ2v) is 3.98. The molecule has 1 aliphatic rings. The molecule has 0 radical (unpaired) electrons. The van der Waals surface area contributed by atoms with Crippen LogP contribution < -0.4 is 10.6 Å². The van der Waals surface area contributed by atoms with Gasteiger partial charge in [-0.3, -0.25) is 0 Å². The Hall–Kier alpha value is -1.34. The fourth-order valence-corrected chi connectivity index (χ4v) is 1.66. The zero-order valence-corrected chi connectivity index (χ0v) is 9.63. The number of hydrogen-bond acceptors (Lipinski definition) is 4. The maximum absolute atomic E-state index is 12.4. The van der Waals surface area contributed by atoms with E-state index in [9.17, 15) is 13.2 Å². The van der Waals surface area contributed by atoms with Gasteiger partial charge in [0.15, 0.2) is 0 Å². The van der Waals surface area contributed by atoms with Crippen LogP contribution in [0.25, 0.3) is 0 Å². The summed E-state index contributed by atoms with van der Waals surface area (Å²) in [5, 5.41) is 5.99. The van der Waals surface area contributed by atoms with E-state index in [1.807, 2.05) is 0 Å². The number of pyridine rings is 1. The highest BCUT2D eigenvalue weighted by molar-refractivity contribution is 5.36. The second kappa shape index (κ2) is 5.53. The number of nitrogens with one attached hydrogen (secondary N) is 2. The van der Waals surface area contributed by atoms with Crippen molar-refractivity contribution in [1.82, 2.24) is 10.3 Å². The third-order valence-electron chi connectivity index (χ3n) is 2.55. The summed E-state index contributed by atoms with van der Waals surface area (Å²) in [6.45, 7) is 2.54. The maximum Gasteiger partial charge on any atom is 0.433 e. The molecule has 2 heterocycles. The lowest BCUT2D eigenvalue weighted by molar-refractivity contribution is -0.141. The normalized spacial score (nSPS) is 20.7. The average Bonchev–Trinajstić information content (AvgIpc) is 2.37. The van der Waals surface area contributed by atoms with Gasteiger partial charge in [0.05, 0.1) is 12.7 Å². The molecule has 0 bridgehead atoms. The Morgan fingerprint density at radius 2 is 2.28 bits per heavy atom. The predicted octanol–water partition coefficient (Wildman–Crippen LogP) is 1.50. The van der Waals surface area contributed by atoms with Crippen molar-refractivity contribution in [1.29, 1.82) is 0 Å². The van der Waals surface area contributed by atoms with Gasteiger partial charge in [0, 0.05) is 19.6 Å². The molecule has 4 nitrogen and oxygen atoms in total. The number of rotatable bonds is 3. The number of anilines is 1. The lowest BCUT2D eigenvalue weighted by Gasteiger charge is -2.24. The molecule has 0 saturated carbocycles. The molecule has 0 aliphatic carbocycles. The van der Waals surface area contributed by atoms with Gasteiger partial charge in [-0.15, -0.1) is 0 Å². The van der Waals surface area contributed by atoms with Crippen LogP contribution in [-0.2, 0) is 10.9 Å². The van der Waals surface area contributed by atoms with E-state index < -0.39 is 11.9 Å². The van der Waals surface area contributed by atoms with Crippen molar-refractivity contribution in [2.24, 2.45) is 0 Å². The summed E-state index contributed by atoms with van der Waals surface area (Å²) in [4.78, 5) is 3.52. The Morgan fingerprint density at radius 3 is 2.94 bits per heavy atom. The van der Waals surface area contributed by atoms with Crippen LogP contribution in [0.4, 0.5) is 19.0 Å². The number of nitrogens with zero attached hydrogens (tertiary/aromatic N) is 1. The number of ether oxygens (including phenoxy) is 1. The molecule has 0 amide bonds. The molecule has 18 heavy (non-hydrogen) atoms. The standard InChI is InChI=1S/C11H14F3N3O/c12-11(13,14)9-2-1-3-10(17-9)16-7-8-6-15-4-5-18-8/h1-3,8,15H,4-7H2,(H,16,17). The molecule has 1 saturated heterocycles. The first kappa shape index (κ1) is 13.1. The minimum atomic E-state index is -4.42. The molecule has 1 unspecified atom stereocenters. The Kier molecular flexibility index (Phi) is 4.03. The van der Waals surface area contributed by atoms with E-state index in [2.05, 4.69) is 15.6 Å². The highest BCUT2D eigenvalue weighted by atomic mass is 19.4. The van der Waals surface area contributed by atoms with Gasteiger partial charge in [-0.25, -0.2) is 4.98 Å². The number of aromatic nitrogens is 1. The molecule has 1 aliphatic heterocycles. The first-order valence-corrected chi connectivity index (χ1v) is 5.66. The molecular weight excluding hydrogens is 247 g/mol.